The van der Waals surface area contributed by atoms with Crippen LogP contribution in [0, 0.1) is 5.92 Å². The fourth-order valence-electron chi connectivity index (χ4n) is 4.93. The Bertz CT molecular complexity index is 1680. The average molecular weight is 662 g/mol. The molecule has 0 fully saturated rings. The first-order chi connectivity index (χ1) is 22.1. The second kappa shape index (κ2) is 16.3. The summed E-state index contributed by atoms with van der Waals surface area (Å²) >= 11 is 6.31. The number of rotatable bonds is 15. The Morgan fingerprint density at radius 2 is 1.48 bits per heavy atom. The van der Waals surface area contributed by atoms with E-state index in [4.69, 9.17) is 16.3 Å². The quantitative estimate of drug-likeness (QED) is 0.160. The van der Waals surface area contributed by atoms with E-state index in [1.165, 1.54) is 17.0 Å². The number of carbonyl (C=O) groups excluding carboxylic acids is 2. The van der Waals surface area contributed by atoms with Gasteiger partial charge in [-0.05, 0) is 72.5 Å². The van der Waals surface area contributed by atoms with Gasteiger partial charge in [0.15, 0.2) is 0 Å². The zero-order valence-electron chi connectivity index (χ0n) is 26.3. The molecule has 0 heterocycles. The minimum absolute atomic E-state index is 0.00418. The number of nitrogens with one attached hydrogen (secondary N) is 1. The highest BCUT2D eigenvalue weighted by atomic mass is 35.5. The number of sulfonamides is 1. The van der Waals surface area contributed by atoms with Gasteiger partial charge in [-0.3, -0.25) is 13.9 Å². The Labute approximate surface area is 277 Å². The van der Waals surface area contributed by atoms with Crippen LogP contribution in [0.5, 0.6) is 5.75 Å². The second-order valence-electron chi connectivity index (χ2n) is 11.2. The van der Waals surface area contributed by atoms with Gasteiger partial charge in [0, 0.05) is 24.5 Å². The van der Waals surface area contributed by atoms with Crippen LogP contribution in [-0.2, 0) is 32.6 Å². The van der Waals surface area contributed by atoms with Crippen LogP contribution >= 0.6 is 11.6 Å². The number of benzene rings is 4. The van der Waals surface area contributed by atoms with Crippen LogP contribution in [0.4, 0.5) is 5.69 Å². The maximum Gasteiger partial charge on any atom is 0.264 e. The number of amides is 2. The summed E-state index contributed by atoms with van der Waals surface area (Å²) in [5.41, 5.74) is 1.88. The number of halogens is 1. The number of nitrogens with zero attached hydrogens (tertiary/aromatic N) is 2. The van der Waals surface area contributed by atoms with Crippen molar-refractivity contribution in [1.29, 1.82) is 0 Å². The molecule has 0 unspecified atom stereocenters. The summed E-state index contributed by atoms with van der Waals surface area (Å²) in [6.45, 7) is 6.19. The van der Waals surface area contributed by atoms with Crippen LogP contribution in [0.3, 0.4) is 0 Å². The molecule has 8 nitrogen and oxygen atoms in total. The standard InChI is InChI=1S/C36H40ClN3O5S/c1-4-45-32-18-20-33(21-19-32)46(43,44)40(31-16-9-6-10-17-31)26-35(41)39(25-29-14-11-15-30(37)22-29)34(36(42)38-24-27(2)3)23-28-12-7-5-8-13-28/h5-22,27,34H,4,23-26H2,1-3H3,(H,38,42)/t34-/m1/s1. The summed E-state index contributed by atoms with van der Waals surface area (Å²) < 4.78 is 34.9. The first-order valence-corrected chi connectivity index (χ1v) is 17.1. The maximum atomic E-state index is 14.5. The largest absolute Gasteiger partial charge is 0.494 e. The van der Waals surface area contributed by atoms with Gasteiger partial charge >= 0.3 is 0 Å². The van der Waals surface area contributed by atoms with Crippen molar-refractivity contribution in [2.24, 2.45) is 5.92 Å². The van der Waals surface area contributed by atoms with Crippen molar-refractivity contribution in [3.63, 3.8) is 0 Å². The third-order valence-electron chi connectivity index (χ3n) is 7.24. The van der Waals surface area contributed by atoms with Gasteiger partial charge in [0.05, 0.1) is 17.2 Å². The smallest absolute Gasteiger partial charge is 0.264 e. The molecule has 2 amide bonds. The number of para-hydroxylation sites is 1. The van der Waals surface area contributed by atoms with E-state index >= 15 is 0 Å². The molecule has 46 heavy (non-hydrogen) atoms. The fraction of sp³-hybridized carbons (Fsp3) is 0.278. The van der Waals surface area contributed by atoms with E-state index in [2.05, 4.69) is 5.32 Å². The number of hydrogen-bond donors (Lipinski definition) is 1. The van der Waals surface area contributed by atoms with Gasteiger partial charge in [-0.15, -0.1) is 0 Å². The van der Waals surface area contributed by atoms with E-state index in [1.807, 2.05) is 57.2 Å². The van der Waals surface area contributed by atoms with Crippen LogP contribution in [-0.4, -0.2) is 50.9 Å². The zero-order valence-corrected chi connectivity index (χ0v) is 27.9. The van der Waals surface area contributed by atoms with Crippen molar-refractivity contribution >= 4 is 39.1 Å². The third kappa shape index (κ3) is 9.34. The summed E-state index contributed by atoms with van der Waals surface area (Å²) in [4.78, 5) is 29.8. The first-order valence-electron chi connectivity index (χ1n) is 15.2. The molecule has 0 saturated heterocycles. The van der Waals surface area contributed by atoms with E-state index in [9.17, 15) is 18.0 Å². The van der Waals surface area contributed by atoms with Crippen molar-refractivity contribution < 1.29 is 22.7 Å². The van der Waals surface area contributed by atoms with Gasteiger partial charge < -0.3 is 15.0 Å². The fourth-order valence-corrected chi connectivity index (χ4v) is 6.56. The zero-order chi connectivity index (χ0) is 33.1. The molecule has 4 rings (SSSR count). The summed E-state index contributed by atoms with van der Waals surface area (Å²) in [7, 11) is -4.21. The van der Waals surface area contributed by atoms with Crippen LogP contribution in [0.1, 0.15) is 31.9 Å². The Morgan fingerprint density at radius 3 is 2.09 bits per heavy atom. The molecular formula is C36H40ClN3O5S. The van der Waals surface area contributed by atoms with E-state index in [0.717, 1.165) is 9.87 Å². The first kappa shape index (κ1) is 34.5. The molecule has 0 spiro atoms. The molecule has 4 aromatic carbocycles. The minimum atomic E-state index is -4.21. The second-order valence-corrected chi connectivity index (χ2v) is 13.5. The normalized spacial score (nSPS) is 11.9. The molecule has 0 bridgehead atoms. The number of ether oxygens (including phenoxy) is 1. The lowest BCUT2D eigenvalue weighted by atomic mass is 10.0. The van der Waals surface area contributed by atoms with E-state index in [-0.39, 0.29) is 29.7 Å². The van der Waals surface area contributed by atoms with Crippen molar-refractivity contribution in [3.05, 3.63) is 125 Å². The Hall–Kier alpha value is -4.34. The van der Waals surface area contributed by atoms with Gasteiger partial charge in [-0.1, -0.05) is 86.1 Å². The molecule has 0 aromatic heterocycles. The lowest BCUT2D eigenvalue weighted by molar-refractivity contribution is -0.140. The van der Waals surface area contributed by atoms with Gasteiger partial charge in [0.2, 0.25) is 11.8 Å². The van der Waals surface area contributed by atoms with Gasteiger partial charge in [0.1, 0.15) is 18.3 Å². The summed E-state index contributed by atoms with van der Waals surface area (Å²) in [6.07, 6.45) is 0.230. The molecule has 0 aliphatic rings. The number of carbonyl (C=O) groups is 2. The summed E-state index contributed by atoms with van der Waals surface area (Å²) in [5, 5.41) is 3.47. The SMILES string of the molecule is CCOc1ccc(S(=O)(=O)N(CC(=O)N(Cc2cccc(Cl)c2)[C@H](Cc2ccccc2)C(=O)NCC(C)C)c2ccccc2)cc1. The molecule has 242 valence electrons. The third-order valence-corrected chi connectivity index (χ3v) is 9.27. The molecular weight excluding hydrogens is 622 g/mol. The van der Waals surface area contributed by atoms with Gasteiger partial charge in [-0.2, -0.15) is 0 Å². The van der Waals surface area contributed by atoms with Crippen molar-refractivity contribution in [3.8, 4) is 5.75 Å². The molecule has 0 aliphatic heterocycles. The van der Waals surface area contributed by atoms with Gasteiger partial charge in [0.25, 0.3) is 10.0 Å². The van der Waals surface area contributed by atoms with E-state index in [1.54, 1.807) is 60.7 Å². The predicted molar refractivity (Wildman–Crippen MR) is 182 cm³/mol. The van der Waals surface area contributed by atoms with Crippen LogP contribution < -0.4 is 14.4 Å². The Morgan fingerprint density at radius 1 is 0.848 bits per heavy atom. The molecule has 10 heteroatoms. The minimum Gasteiger partial charge on any atom is -0.494 e. The van der Waals surface area contributed by atoms with Crippen molar-refractivity contribution in [2.45, 2.75) is 44.7 Å². The molecule has 1 N–H and O–H groups in total. The predicted octanol–water partition coefficient (Wildman–Crippen LogP) is 6.35. The molecule has 4 aromatic rings. The van der Waals surface area contributed by atoms with E-state index in [0.29, 0.717) is 35.2 Å². The average Bonchev–Trinajstić information content (AvgIpc) is 3.05. The Balaban J connectivity index is 1.77. The van der Waals surface area contributed by atoms with Crippen LogP contribution in [0.15, 0.2) is 114 Å². The molecule has 0 radical (unpaired) electrons. The molecule has 0 aliphatic carbocycles. The molecule has 0 saturated carbocycles. The molecule has 1 atom stereocenters. The summed E-state index contributed by atoms with van der Waals surface area (Å²) in [6, 6.07) is 30.1. The monoisotopic (exact) mass is 661 g/mol. The lowest BCUT2D eigenvalue weighted by Crippen LogP contribution is -2.53. The topological polar surface area (TPSA) is 96.0 Å². The van der Waals surface area contributed by atoms with Crippen molar-refractivity contribution in [1.82, 2.24) is 10.2 Å². The van der Waals surface area contributed by atoms with Crippen LogP contribution in [0.2, 0.25) is 5.02 Å². The Kier molecular flexibility index (Phi) is 12.2. The highest BCUT2D eigenvalue weighted by Gasteiger charge is 2.34. The maximum absolute atomic E-state index is 14.5. The summed E-state index contributed by atoms with van der Waals surface area (Å²) in [5.74, 6) is -0.147. The highest BCUT2D eigenvalue weighted by molar-refractivity contribution is 7.92. The number of hydrogen-bond acceptors (Lipinski definition) is 5. The van der Waals surface area contributed by atoms with Crippen LogP contribution in [0.25, 0.3) is 0 Å². The van der Waals surface area contributed by atoms with Crippen molar-refractivity contribution in [2.75, 3.05) is 24.0 Å². The van der Waals surface area contributed by atoms with E-state index < -0.39 is 28.5 Å². The number of anilines is 1. The van der Waals surface area contributed by atoms with Gasteiger partial charge in [-0.25, -0.2) is 8.42 Å². The highest BCUT2D eigenvalue weighted by Crippen LogP contribution is 2.26. The lowest BCUT2D eigenvalue weighted by Gasteiger charge is -2.34.